The van der Waals surface area contributed by atoms with Gasteiger partial charge in [-0.25, -0.2) is 4.90 Å². The fraction of sp³-hybridized carbons (Fsp3) is 0.0455. The fourth-order valence-corrected chi connectivity index (χ4v) is 3.74. The molecule has 0 aliphatic carbocycles. The molecular weight excluding hydrogens is 456 g/mol. The molecule has 7 heteroatoms. The smallest absolute Gasteiger partial charge is 0.266 e. The first-order chi connectivity index (χ1) is 13.9. The maximum Gasteiger partial charge on any atom is 0.266 e. The number of hydrogen-bond acceptors (Lipinski definition) is 3. The quantitative estimate of drug-likeness (QED) is 0.518. The molecule has 0 atom stereocenters. The van der Waals surface area contributed by atoms with Crippen LogP contribution in [-0.2, 0) is 0 Å². The third kappa shape index (κ3) is 3.45. The lowest BCUT2D eigenvalue weighted by Crippen LogP contribution is -2.31. The van der Waals surface area contributed by atoms with Crippen molar-refractivity contribution in [1.29, 1.82) is 0 Å². The summed E-state index contributed by atoms with van der Waals surface area (Å²) in [5.74, 6) is -1.37. The summed E-state index contributed by atoms with van der Waals surface area (Å²) in [6.07, 6.45) is 0. The van der Waals surface area contributed by atoms with Crippen LogP contribution < -0.4 is 10.2 Å². The first kappa shape index (κ1) is 19.4. The second-order valence-electron chi connectivity index (χ2n) is 6.57. The SMILES string of the molecule is Cc1ccc(Cl)cc1NC(=O)c1ccccc1N1C(=O)c2ccc(Br)cc2C1=O. The van der Waals surface area contributed by atoms with Crippen LogP contribution in [0.25, 0.3) is 0 Å². The van der Waals surface area contributed by atoms with Gasteiger partial charge in [0.2, 0.25) is 0 Å². The third-order valence-electron chi connectivity index (χ3n) is 4.69. The monoisotopic (exact) mass is 468 g/mol. The Bertz CT molecular complexity index is 1190. The van der Waals surface area contributed by atoms with Crippen LogP contribution in [0.2, 0.25) is 5.02 Å². The van der Waals surface area contributed by atoms with Crippen molar-refractivity contribution in [3.63, 3.8) is 0 Å². The molecule has 1 N–H and O–H groups in total. The largest absolute Gasteiger partial charge is 0.322 e. The molecule has 3 aromatic rings. The minimum atomic E-state index is -0.467. The molecule has 0 saturated heterocycles. The van der Waals surface area contributed by atoms with Gasteiger partial charge in [-0.3, -0.25) is 14.4 Å². The standard InChI is InChI=1S/C22H14BrClN2O3/c1-12-6-8-14(24)11-18(12)25-20(27)16-4-2-3-5-19(16)26-21(28)15-9-7-13(23)10-17(15)22(26)29/h2-11H,1H3,(H,25,27). The Kier molecular flexibility index (Phi) is 4.98. The highest BCUT2D eigenvalue weighted by molar-refractivity contribution is 9.10. The lowest BCUT2D eigenvalue weighted by Gasteiger charge is -2.18. The number of rotatable bonds is 3. The van der Waals surface area contributed by atoms with E-state index in [4.69, 9.17) is 11.6 Å². The van der Waals surface area contributed by atoms with Gasteiger partial charge in [0.1, 0.15) is 0 Å². The first-order valence-electron chi connectivity index (χ1n) is 8.71. The van der Waals surface area contributed by atoms with Gasteiger partial charge in [0.15, 0.2) is 0 Å². The molecule has 3 aromatic carbocycles. The summed E-state index contributed by atoms with van der Waals surface area (Å²) in [5.41, 5.74) is 2.44. The van der Waals surface area contributed by atoms with E-state index in [2.05, 4.69) is 21.2 Å². The molecular formula is C22H14BrClN2O3. The Balaban J connectivity index is 1.73. The highest BCUT2D eigenvalue weighted by atomic mass is 79.9. The van der Waals surface area contributed by atoms with E-state index in [0.717, 1.165) is 10.5 Å². The summed E-state index contributed by atoms with van der Waals surface area (Å²) >= 11 is 9.35. The Hall–Kier alpha value is -2.96. The highest BCUT2D eigenvalue weighted by Gasteiger charge is 2.38. The van der Waals surface area contributed by atoms with Gasteiger partial charge in [-0.15, -0.1) is 0 Å². The molecule has 29 heavy (non-hydrogen) atoms. The molecule has 0 unspecified atom stereocenters. The second-order valence-corrected chi connectivity index (χ2v) is 7.92. The van der Waals surface area contributed by atoms with Gasteiger partial charge in [-0.1, -0.05) is 45.7 Å². The summed E-state index contributed by atoms with van der Waals surface area (Å²) < 4.78 is 0.696. The third-order valence-corrected chi connectivity index (χ3v) is 5.41. The minimum Gasteiger partial charge on any atom is -0.322 e. The van der Waals surface area contributed by atoms with Crippen LogP contribution in [0.3, 0.4) is 0 Å². The molecule has 144 valence electrons. The van der Waals surface area contributed by atoms with Crippen LogP contribution in [0.4, 0.5) is 11.4 Å². The number of amides is 3. The van der Waals surface area contributed by atoms with E-state index in [1.807, 2.05) is 6.92 Å². The van der Waals surface area contributed by atoms with Gasteiger partial charge < -0.3 is 5.32 Å². The van der Waals surface area contributed by atoms with Crippen LogP contribution in [0.5, 0.6) is 0 Å². The fourth-order valence-electron chi connectivity index (χ4n) is 3.21. The van der Waals surface area contributed by atoms with E-state index in [9.17, 15) is 14.4 Å². The van der Waals surface area contributed by atoms with Gasteiger partial charge in [0, 0.05) is 15.2 Å². The van der Waals surface area contributed by atoms with E-state index in [1.165, 1.54) is 0 Å². The topological polar surface area (TPSA) is 66.5 Å². The summed E-state index contributed by atoms with van der Waals surface area (Å²) in [5, 5.41) is 3.30. The Morgan fingerprint density at radius 1 is 0.966 bits per heavy atom. The lowest BCUT2D eigenvalue weighted by atomic mass is 10.1. The van der Waals surface area contributed by atoms with E-state index in [0.29, 0.717) is 26.3 Å². The Morgan fingerprint density at radius 2 is 1.69 bits per heavy atom. The molecule has 1 aliphatic heterocycles. The molecule has 0 radical (unpaired) electrons. The number of benzene rings is 3. The minimum absolute atomic E-state index is 0.209. The van der Waals surface area contributed by atoms with Crippen molar-refractivity contribution in [1.82, 2.24) is 0 Å². The number of anilines is 2. The van der Waals surface area contributed by atoms with Gasteiger partial charge in [-0.2, -0.15) is 0 Å². The number of nitrogens with zero attached hydrogens (tertiary/aromatic N) is 1. The molecule has 0 aromatic heterocycles. The number of imide groups is 1. The Labute approximate surface area is 180 Å². The molecule has 0 saturated carbocycles. The molecule has 1 heterocycles. The summed E-state index contributed by atoms with van der Waals surface area (Å²) in [6.45, 7) is 1.85. The van der Waals surface area contributed by atoms with Crippen LogP contribution in [0, 0.1) is 6.92 Å². The van der Waals surface area contributed by atoms with Crippen LogP contribution in [0.15, 0.2) is 65.1 Å². The zero-order chi connectivity index (χ0) is 20.7. The number of nitrogens with one attached hydrogen (secondary N) is 1. The second kappa shape index (κ2) is 7.46. The van der Waals surface area contributed by atoms with Crippen LogP contribution in [-0.4, -0.2) is 17.7 Å². The Morgan fingerprint density at radius 3 is 2.48 bits per heavy atom. The number of aryl methyl sites for hydroxylation is 1. The summed E-state index contributed by atoms with van der Waals surface area (Å²) in [6, 6.07) is 16.6. The average Bonchev–Trinajstić information content (AvgIpc) is 2.94. The molecule has 4 rings (SSSR count). The van der Waals surface area contributed by atoms with Crippen molar-refractivity contribution in [3.05, 3.63) is 92.4 Å². The van der Waals surface area contributed by atoms with Crippen molar-refractivity contribution in [3.8, 4) is 0 Å². The normalized spacial score (nSPS) is 12.9. The summed E-state index contributed by atoms with van der Waals surface area (Å²) in [7, 11) is 0. The number of carbonyl (C=O) groups is 3. The van der Waals surface area contributed by atoms with Gasteiger partial charge in [-0.05, 0) is 55.0 Å². The van der Waals surface area contributed by atoms with Crippen molar-refractivity contribution < 1.29 is 14.4 Å². The number of fused-ring (bicyclic) bond motifs is 1. The van der Waals surface area contributed by atoms with Gasteiger partial charge >= 0.3 is 0 Å². The molecule has 0 bridgehead atoms. The van der Waals surface area contributed by atoms with Crippen LogP contribution >= 0.6 is 27.5 Å². The predicted molar refractivity (Wildman–Crippen MR) is 116 cm³/mol. The van der Waals surface area contributed by atoms with Crippen molar-refractivity contribution in [2.75, 3.05) is 10.2 Å². The maximum atomic E-state index is 13.0. The summed E-state index contributed by atoms with van der Waals surface area (Å²) in [4.78, 5) is 39.8. The molecule has 0 spiro atoms. The molecule has 1 aliphatic rings. The van der Waals surface area contributed by atoms with E-state index >= 15 is 0 Å². The zero-order valence-corrected chi connectivity index (χ0v) is 17.5. The average molecular weight is 470 g/mol. The van der Waals surface area contributed by atoms with Gasteiger partial charge in [0.05, 0.1) is 22.4 Å². The first-order valence-corrected chi connectivity index (χ1v) is 9.89. The lowest BCUT2D eigenvalue weighted by molar-refractivity contribution is 0.0926. The van der Waals surface area contributed by atoms with Crippen molar-refractivity contribution in [2.45, 2.75) is 6.92 Å². The predicted octanol–water partition coefficient (Wildman–Crippen LogP) is 5.46. The number of para-hydroxylation sites is 1. The number of carbonyl (C=O) groups excluding carboxylic acids is 3. The number of halogens is 2. The highest BCUT2D eigenvalue weighted by Crippen LogP contribution is 2.33. The van der Waals surface area contributed by atoms with E-state index in [1.54, 1.807) is 60.7 Å². The maximum absolute atomic E-state index is 13.0. The van der Waals surface area contributed by atoms with Crippen molar-refractivity contribution >= 4 is 56.6 Å². The van der Waals surface area contributed by atoms with Crippen molar-refractivity contribution in [2.24, 2.45) is 0 Å². The van der Waals surface area contributed by atoms with E-state index in [-0.39, 0.29) is 11.3 Å². The molecule has 5 nitrogen and oxygen atoms in total. The zero-order valence-electron chi connectivity index (χ0n) is 15.2. The van der Waals surface area contributed by atoms with Crippen LogP contribution in [0.1, 0.15) is 36.6 Å². The molecule has 3 amide bonds. The van der Waals surface area contributed by atoms with E-state index < -0.39 is 17.7 Å². The molecule has 0 fully saturated rings. The number of hydrogen-bond donors (Lipinski definition) is 1. The van der Waals surface area contributed by atoms with Gasteiger partial charge in [0.25, 0.3) is 17.7 Å².